The normalized spacial score (nSPS) is 23.5. The molecule has 17 heavy (non-hydrogen) atoms. The summed E-state index contributed by atoms with van der Waals surface area (Å²) in [5.41, 5.74) is 0.804. The second-order valence-corrected chi connectivity index (χ2v) is 6.26. The highest BCUT2D eigenvalue weighted by atomic mass is 16.6. The molecule has 0 saturated carbocycles. The van der Waals surface area contributed by atoms with Crippen molar-refractivity contribution < 1.29 is 14.3 Å². The van der Waals surface area contributed by atoms with Gasteiger partial charge in [-0.05, 0) is 27.2 Å². The summed E-state index contributed by atoms with van der Waals surface area (Å²) in [7, 11) is 0. The minimum atomic E-state index is -0.424. The summed E-state index contributed by atoms with van der Waals surface area (Å²) in [6.45, 7) is 12.4. The van der Waals surface area contributed by atoms with E-state index >= 15 is 0 Å². The molecule has 0 unspecified atom stereocenters. The minimum Gasteiger partial charge on any atom is -0.444 e. The van der Waals surface area contributed by atoms with Crippen LogP contribution in [0.3, 0.4) is 0 Å². The molecule has 0 atom stereocenters. The lowest BCUT2D eigenvalue weighted by molar-refractivity contribution is -0.0842. The standard InChI is InChI=1S/C13H21NO3/c1-10-5-13(9-16-6-10)7-14(8-13)11(15)17-12(2,3)4/h1,5-9H2,2-4H3. The Morgan fingerprint density at radius 1 is 1.47 bits per heavy atom. The van der Waals surface area contributed by atoms with Crippen molar-refractivity contribution in [2.24, 2.45) is 5.41 Å². The third kappa shape index (κ3) is 2.80. The molecule has 2 aliphatic heterocycles. The summed E-state index contributed by atoms with van der Waals surface area (Å²) in [4.78, 5) is 13.5. The Hall–Kier alpha value is -1.03. The Bertz CT molecular complexity index is 337. The van der Waals surface area contributed by atoms with Gasteiger partial charge in [0.05, 0.1) is 13.2 Å². The van der Waals surface area contributed by atoms with Gasteiger partial charge in [-0.3, -0.25) is 0 Å². The zero-order valence-electron chi connectivity index (χ0n) is 10.9. The smallest absolute Gasteiger partial charge is 0.410 e. The maximum absolute atomic E-state index is 11.8. The average molecular weight is 239 g/mol. The van der Waals surface area contributed by atoms with Crippen molar-refractivity contribution in [2.75, 3.05) is 26.3 Å². The zero-order valence-corrected chi connectivity index (χ0v) is 10.9. The van der Waals surface area contributed by atoms with E-state index in [2.05, 4.69) is 6.58 Å². The topological polar surface area (TPSA) is 38.8 Å². The molecular formula is C13H21NO3. The number of amides is 1. The van der Waals surface area contributed by atoms with E-state index in [1.807, 2.05) is 20.8 Å². The first kappa shape index (κ1) is 12.4. The number of ether oxygens (including phenoxy) is 2. The lowest BCUT2D eigenvalue weighted by atomic mass is 9.74. The lowest BCUT2D eigenvalue weighted by Gasteiger charge is -2.51. The van der Waals surface area contributed by atoms with Crippen LogP contribution in [0.2, 0.25) is 0 Å². The molecule has 0 radical (unpaired) electrons. The van der Waals surface area contributed by atoms with Crippen LogP contribution in [0, 0.1) is 5.41 Å². The summed E-state index contributed by atoms with van der Waals surface area (Å²) in [6.07, 6.45) is 0.742. The average Bonchev–Trinajstić information content (AvgIpc) is 2.10. The molecule has 0 aromatic heterocycles. The summed E-state index contributed by atoms with van der Waals surface area (Å²) >= 11 is 0. The van der Waals surface area contributed by atoms with E-state index in [1.54, 1.807) is 4.90 Å². The van der Waals surface area contributed by atoms with Gasteiger partial charge in [-0.1, -0.05) is 12.2 Å². The molecule has 1 spiro atoms. The number of hydrogen-bond acceptors (Lipinski definition) is 3. The van der Waals surface area contributed by atoms with Gasteiger partial charge in [-0.25, -0.2) is 4.79 Å². The molecule has 0 bridgehead atoms. The van der Waals surface area contributed by atoms with Gasteiger partial charge in [0.1, 0.15) is 5.60 Å². The molecule has 2 aliphatic rings. The number of nitrogens with zero attached hydrogens (tertiary/aromatic N) is 1. The van der Waals surface area contributed by atoms with Gasteiger partial charge in [-0.15, -0.1) is 0 Å². The molecule has 0 aromatic carbocycles. The molecule has 2 saturated heterocycles. The SMILES string of the molecule is C=C1COCC2(C1)CN(C(=O)OC(C)(C)C)C2. The molecule has 2 rings (SSSR count). The van der Waals surface area contributed by atoms with E-state index in [1.165, 1.54) is 0 Å². The van der Waals surface area contributed by atoms with Crippen LogP contribution in [0.4, 0.5) is 4.79 Å². The number of carbonyl (C=O) groups excluding carboxylic acids is 1. The predicted molar refractivity (Wildman–Crippen MR) is 64.8 cm³/mol. The van der Waals surface area contributed by atoms with Crippen molar-refractivity contribution in [3.63, 3.8) is 0 Å². The van der Waals surface area contributed by atoms with Gasteiger partial charge in [0.2, 0.25) is 0 Å². The Labute approximate surface area is 103 Å². The van der Waals surface area contributed by atoms with Crippen LogP contribution in [0.1, 0.15) is 27.2 Å². The van der Waals surface area contributed by atoms with Crippen LogP contribution in [0.25, 0.3) is 0 Å². The van der Waals surface area contributed by atoms with E-state index in [9.17, 15) is 4.79 Å². The van der Waals surface area contributed by atoms with Gasteiger partial charge in [0.25, 0.3) is 0 Å². The quantitative estimate of drug-likeness (QED) is 0.608. The maximum atomic E-state index is 11.8. The Morgan fingerprint density at radius 3 is 2.65 bits per heavy atom. The molecular weight excluding hydrogens is 218 g/mol. The van der Waals surface area contributed by atoms with Crippen molar-refractivity contribution in [1.29, 1.82) is 0 Å². The van der Waals surface area contributed by atoms with E-state index in [0.717, 1.165) is 31.7 Å². The molecule has 4 nitrogen and oxygen atoms in total. The third-order valence-corrected chi connectivity index (χ3v) is 3.04. The summed E-state index contributed by atoms with van der Waals surface area (Å²) < 4.78 is 10.8. The highest BCUT2D eigenvalue weighted by molar-refractivity contribution is 5.69. The van der Waals surface area contributed by atoms with Crippen LogP contribution in [-0.2, 0) is 9.47 Å². The third-order valence-electron chi connectivity index (χ3n) is 3.04. The monoisotopic (exact) mass is 239 g/mol. The maximum Gasteiger partial charge on any atom is 0.410 e. The number of carbonyl (C=O) groups is 1. The fourth-order valence-corrected chi connectivity index (χ4v) is 2.47. The Kier molecular flexibility index (Phi) is 2.94. The number of likely N-dealkylation sites (tertiary alicyclic amines) is 1. The van der Waals surface area contributed by atoms with Crippen LogP contribution < -0.4 is 0 Å². The second kappa shape index (κ2) is 4.02. The first-order chi connectivity index (χ1) is 7.80. The predicted octanol–water partition coefficient (Wildman–Crippen LogP) is 2.20. The fourth-order valence-electron chi connectivity index (χ4n) is 2.47. The first-order valence-electron chi connectivity index (χ1n) is 6.02. The van der Waals surface area contributed by atoms with Crippen molar-refractivity contribution in [3.05, 3.63) is 12.2 Å². The molecule has 2 heterocycles. The molecule has 1 amide bonds. The van der Waals surface area contributed by atoms with Crippen LogP contribution in [0.15, 0.2) is 12.2 Å². The largest absolute Gasteiger partial charge is 0.444 e. The molecule has 0 N–H and O–H groups in total. The van der Waals surface area contributed by atoms with Crippen LogP contribution >= 0.6 is 0 Å². The van der Waals surface area contributed by atoms with Crippen molar-refractivity contribution in [2.45, 2.75) is 32.8 Å². The summed E-state index contributed by atoms with van der Waals surface area (Å²) in [6, 6.07) is 0. The Morgan fingerprint density at radius 2 is 2.12 bits per heavy atom. The van der Waals surface area contributed by atoms with Crippen LogP contribution in [-0.4, -0.2) is 42.9 Å². The van der Waals surface area contributed by atoms with E-state index in [4.69, 9.17) is 9.47 Å². The minimum absolute atomic E-state index is 0.103. The highest BCUT2D eigenvalue weighted by Crippen LogP contribution is 2.40. The van der Waals surface area contributed by atoms with Gasteiger partial charge >= 0.3 is 6.09 Å². The van der Waals surface area contributed by atoms with Crippen molar-refractivity contribution in [3.8, 4) is 0 Å². The van der Waals surface area contributed by atoms with Gasteiger partial charge in [0.15, 0.2) is 0 Å². The Balaban J connectivity index is 1.85. The summed E-state index contributed by atoms with van der Waals surface area (Å²) in [5.74, 6) is 0. The molecule has 4 heteroatoms. The molecule has 0 aliphatic carbocycles. The molecule has 2 fully saturated rings. The number of rotatable bonds is 0. The summed E-state index contributed by atoms with van der Waals surface area (Å²) in [5, 5.41) is 0. The van der Waals surface area contributed by atoms with E-state index in [0.29, 0.717) is 6.61 Å². The van der Waals surface area contributed by atoms with Crippen molar-refractivity contribution >= 4 is 6.09 Å². The highest BCUT2D eigenvalue weighted by Gasteiger charge is 2.48. The first-order valence-corrected chi connectivity index (χ1v) is 6.02. The molecule has 0 aromatic rings. The fraction of sp³-hybridized carbons (Fsp3) is 0.769. The molecule has 96 valence electrons. The zero-order chi connectivity index (χ0) is 12.7. The van der Waals surface area contributed by atoms with E-state index < -0.39 is 5.60 Å². The van der Waals surface area contributed by atoms with Crippen molar-refractivity contribution in [1.82, 2.24) is 4.90 Å². The van der Waals surface area contributed by atoms with E-state index in [-0.39, 0.29) is 11.5 Å². The van der Waals surface area contributed by atoms with Gasteiger partial charge in [0, 0.05) is 18.5 Å². The second-order valence-electron chi connectivity index (χ2n) is 6.26. The van der Waals surface area contributed by atoms with Gasteiger partial charge in [-0.2, -0.15) is 0 Å². The van der Waals surface area contributed by atoms with Crippen LogP contribution in [0.5, 0.6) is 0 Å². The lowest BCUT2D eigenvalue weighted by Crippen LogP contribution is -2.62. The number of hydrogen-bond donors (Lipinski definition) is 0. The van der Waals surface area contributed by atoms with Gasteiger partial charge < -0.3 is 14.4 Å².